The first-order chi connectivity index (χ1) is 8.72. The molecule has 0 spiro atoms. The lowest BCUT2D eigenvalue weighted by Crippen LogP contribution is -2.54. The highest BCUT2D eigenvalue weighted by Crippen LogP contribution is 2.45. The van der Waals surface area contributed by atoms with Gasteiger partial charge in [0, 0.05) is 19.1 Å². The molecule has 0 aliphatic rings. The molecule has 20 heavy (non-hydrogen) atoms. The molecule has 0 atom stereocenters. The summed E-state index contributed by atoms with van der Waals surface area (Å²) in [6.07, 6.45) is -4.62. The smallest absolute Gasteiger partial charge is 0.473 e. The highest BCUT2D eigenvalue weighted by molar-refractivity contribution is 5.81. The van der Waals surface area contributed by atoms with E-state index in [1.807, 2.05) is 0 Å². The van der Waals surface area contributed by atoms with Crippen molar-refractivity contribution in [2.45, 2.75) is 24.9 Å². The van der Waals surface area contributed by atoms with Gasteiger partial charge >= 0.3 is 29.9 Å². The van der Waals surface area contributed by atoms with E-state index in [1.54, 1.807) is 0 Å². The predicted molar refractivity (Wildman–Crippen MR) is 54.6 cm³/mol. The largest absolute Gasteiger partial charge is 0.478 e. The number of esters is 1. The third-order valence-electron chi connectivity index (χ3n) is 1.49. The van der Waals surface area contributed by atoms with Gasteiger partial charge in [-0.2, -0.15) is 26.3 Å². The Balaban J connectivity index is 0. The Hall–Kier alpha value is -2.00. The minimum absolute atomic E-state index is 0.151. The molecule has 0 amide bonds. The lowest BCUT2D eigenvalue weighted by Gasteiger charge is -2.29. The maximum absolute atomic E-state index is 12.4. The highest BCUT2D eigenvalue weighted by atomic mass is 19.3. The SMILES string of the molecule is C=CC(=O)O.C=CC(=O)OC(F)(F)C(F)(F)C(C)(F)F. The monoisotopic (exact) mass is 308 g/mol. The molecule has 1 N–H and O–H groups in total. The van der Waals surface area contributed by atoms with Crippen LogP contribution in [0.2, 0.25) is 0 Å². The molecule has 0 radical (unpaired) electrons. The molecule has 0 aliphatic heterocycles. The zero-order valence-electron chi connectivity index (χ0n) is 10.0. The maximum Gasteiger partial charge on any atom is 0.473 e. The van der Waals surface area contributed by atoms with Gasteiger partial charge in [-0.15, -0.1) is 0 Å². The molecule has 0 rings (SSSR count). The van der Waals surface area contributed by atoms with Gasteiger partial charge in [-0.3, -0.25) is 0 Å². The Morgan fingerprint density at radius 2 is 1.40 bits per heavy atom. The normalized spacial score (nSPS) is 11.8. The van der Waals surface area contributed by atoms with Gasteiger partial charge in [0.15, 0.2) is 0 Å². The standard InChI is InChI=1S/C7H6F6O2.C3H4O2/c1-3-4(14)15-7(12,13)6(10,11)5(2,8)9;1-2-3(4)5/h3H,1H2,2H3;2H,1H2,(H,4,5). The Morgan fingerprint density at radius 3 is 1.60 bits per heavy atom. The van der Waals surface area contributed by atoms with Crippen LogP contribution < -0.4 is 0 Å². The zero-order valence-corrected chi connectivity index (χ0v) is 10.0. The number of alkyl halides is 6. The van der Waals surface area contributed by atoms with Crippen LogP contribution in [0.1, 0.15) is 6.92 Å². The number of carboxylic acids is 1. The van der Waals surface area contributed by atoms with E-state index >= 15 is 0 Å². The van der Waals surface area contributed by atoms with Crippen molar-refractivity contribution in [3.63, 3.8) is 0 Å². The minimum atomic E-state index is -5.79. The van der Waals surface area contributed by atoms with Gasteiger partial charge < -0.3 is 9.84 Å². The Morgan fingerprint density at radius 1 is 1.05 bits per heavy atom. The van der Waals surface area contributed by atoms with E-state index < -0.39 is 36.8 Å². The first-order valence-electron chi connectivity index (χ1n) is 4.57. The van der Waals surface area contributed by atoms with Crippen molar-refractivity contribution in [3.05, 3.63) is 25.3 Å². The number of aliphatic carboxylic acids is 1. The van der Waals surface area contributed by atoms with Crippen LogP contribution in [0.3, 0.4) is 0 Å². The topological polar surface area (TPSA) is 63.6 Å². The lowest BCUT2D eigenvalue weighted by atomic mass is 10.2. The van der Waals surface area contributed by atoms with Crippen LogP contribution in [-0.2, 0) is 14.3 Å². The van der Waals surface area contributed by atoms with Crippen LogP contribution in [0.4, 0.5) is 26.3 Å². The predicted octanol–water partition coefficient (Wildman–Crippen LogP) is 2.86. The van der Waals surface area contributed by atoms with Crippen LogP contribution in [-0.4, -0.2) is 35.0 Å². The van der Waals surface area contributed by atoms with Gasteiger partial charge in [-0.25, -0.2) is 9.59 Å². The summed E-state index contributed by atoms with van der Waals surface area (Å²) in [4.78, 5) is 19.5. The number of rotatable bonds is 5. The third kappa shape index (κ3) is 5.76. The summed E-state index contributed by atoms with van der Waals surface area (Å²) >= 11 is 0. The fourth-order valence-electron chi connectivity index (χ4n) is 0.488. The van der Waals surface area contributed by atoms with E-state index in [4.69, 9.17) is 5.11 Å². The van der Waals surface area contributed by atoms with Crippen molar-refractivity contribution in [1.82, 2.24) is 0 Å². The van der Waals surface area contributed by atoms with Crippen LogP contribution >= 0.6 is 0 Å². The van der Waals surface area contributed by atoms with Crippen LogP contribution in [0.15, 0.2) is 25.3 Å². The molecule has 10 heteroatoms. The number of hydrogen-bond donors (Lipinski definition) is 1. The van der Waals surface area contributed by atoms with E-state index in [9.17, 15) is 35.9 Å². The molecule has 0 aromatic carbocycles. The Bertz CT molecular complexity index is 386. The van der Waals surface area contributed by atoms with E-state index in [2.05, 4.69) is 17.9 Å². The summed E-state index contributed by atoms with van der Waals surface area (Å²) in [5.41, 5.74) is 0. The molecule has 0 aliphatic carbocycles. The van der Waals surface area contributed by atoms with E-state index in [-0.39, 0.29) is 6.08 Å². The van der Waals surface area contributed by atoms with E-state index in [1.165, 1.54) is 0 Å². The lowest BCUT2D eigenvalue weighted by molar-refractivity contribution is -0.379. The molecule has 0 aromatic heterocycles. The maximum atomic E-state index is 12.4. The molecule has 0 unspecified atom stereocenters. The van der Waals surface area contributed by atoms with Gasteiger partial charge in [-0.05, 0) is 0 Å². The fourth-order valence-corrected chi connectivity index (χ4v) is 0.488. The molecule has 0 saturated carbocycles. The van der Waals surface area contributed by atoms with Crippen LogP contribution in [0, 0.1) is 0 Å². The average Bonchev–Trinajstić information content (AvgIpc) is 2.27. The Kier molecular flexibility index (Phi) is 7.07. The second-order valence-corrected chi connectivity index (χ2v) is 3.15. The van der Waals surface area contributed by atoms with Gasteiger partial charge in [0.05, 0.1) is 0 Å². The van der Waals surface area contributed by atoms with Crippen molar-refractivity contribution in [2.75, 3.05) is 0 Å². The van der Waals surface area contributed by atoms with Crippen molar-refractivity contribution >= 4 is 11.9 Å². The number of halogens is 6. The minimum Gasteiger partial charge on any atom is -0.478 e. The molecule has 0 saturated heterocycles. The van der Waals surface area contributed by atoms with E-state index in [0.29, 0.717) is 0 Å². The molecule has 0 fully saturated rings. The Labute approximate surface area is 109 Å². The number of carbonyl (C=O) groups excluding carboxylic acids is 1. The number of carboxylic acid groups (broad SMARTS) is 1. The average molecular weight is 308 g/mol. The second-order valence-electron chi connectivity index (χ2n) is 3.15. The van der Waals surface area contributed by atoms with E-state index in [0.717, 1.165) is 6.08 Å². The quantitative estimate of drug-likeness (QED) is 0.482. The molecular weight excluding hydrogens is 298 g/mol. The third-order valence-corrected chi connectivity index (χ3v) is 1.49. The highest BCUT2D eigenvalue weighted by Gasteiger charge is 2.72. The molecule has 0 aromatic rings. The van der Waals surface area contributed by atoms with Gasteiger partial charge in [0.1, 0.15) is 0 Å². The fraction of sp³-hybridized carbons (Fsp3) is 0.400. The van der Waals surface area contributed by atoms with Gasteiger partial charge in [0.2, 0.25) is 0 Å². The summed E-state index contributed by atoms with van der Waals surface area (Å²) in [6.45, 7) is 5.20. The molecular formula is C10H10F6O4. The van der Waals surface area contributed by atoms with Crippen molar-refractivity contribution in [1.29, 1.82) is 0 Å². The second kappa shape index (κ2) is 6.96. The van der Waals surface area contributed by atoms with Crippen molar-refractivity contribution < 1.29 is 45.8 Å². The van der Waals surface area contributed by atoms with Crippen LogP contribution in [0.5, 0.6) is 0 Å². The molecule has 0 bridgehead atoms. The number of hydrogen-bond acceptors (Lipinski definition) is 3. The summed E-state index contributed by atoms with van der Waals surface area (Å²) in [5, 5.41) is 7.60. The van der Waals surface area contributed by atoms with Gasteiger partial charge in [0.25, 0.3) is 0 Å². The molecule has 116 valence electrons. The van der Waals surface area contributed by atoms with Crippen molar-refractivity contribution in [3.8, 4) is 0 Å². The summed E-state index contributed by atoms with van der Waals surface area (Å²) in [5.74, 6) is -13.7. The summed E-state index contributed by atoms with van der Waals surface area (Å²) < 4.78 is 76.7. The first-order valence-corrected chi connectivity index (χ1v) is 4.57. The summed E-state index contributed by atoms with van der Waals surface area (Å²) in [6, 6.07) is 0. The zero-order chi connectivity index (χ0) is 16.8. The van der Waals surface area contributed by atoms with Gasteiger partial charge in [-0.1, -0.05) is 13.2 Å². The van der Waals surface area contributed by atoms with Crippen LogP contribution in [0.25, 0.3) is 0 Å². The first kappa shape index (κ1) is 20.3. The summed E-state index contributed by atoms with van der Waals surface area (Å²) in [7, 11) is 0. The molecule has 0 heterocycles. The number of ether oxygens (including phenoxy) is 1. The molecule has 4 nitrogen and oxygen atoms in total. The number of carbonyl (C=O) groups is 2. The van der Waals surface area contributed by atoms with Crippen molar-refractivity contribution in [2.24, 2.45) is 0 Å².